The molecule has 0 radical (unpaired) electrons. The van der Waals surface area contributed by atoms with Gasteiger partial charge in [0, 0.05) is 12.1 Å². The van der Waals surface area contributed by atoms with E-state index < -0.39 is 17.7 Å². The standard InChI is InChI=1S/C27H31NO4/c1-3-5-16-28-24(19-12-14-22(15-13-19)32-4-2)23(26(30)27(28)31)25(29)21-11-10-18-8-6-7-9-20(18)17-21/h10-15,17,24,29H,3-9,16H2,1-2H3/b25-23-. The number of aryl methyl sites for hydroxylation is 2. The number of amides is 1. The van der Waals surface area contributed by atoms with E-state index in [1.54, 1.807) is 4.90 Å². The summed E-state index contributed by atoms with van der Waals surface area (Å²) in [5.41, 5.74) is 4.10. The van der Waals surface area contributed by atoms with Crippen LogP contribution in [0, 0.1) is 0 Å². The summed E-state index contributed by atoms with van der Waals surface area (Å²) in [5.74, 6) is -0.516. The molecule has 1 aliphatic heterocycles. The molecule has 32 heavy (non-hydrogen) atoms. The van der Waals surface area contributed by atoms with Crippen molar-refractivity contribution in [1.82, 2.24) is 4.90 Å². The van der Waals surface area contributed by atoms with Gasteiger partial charge in [-0.05, 0) is 73.9 Å². The van der Waals surface area contributed by atoms with E-state index in [1.165, 1.54) is 17.5 Å². The van der Waals surface area contributed by atoms with Gasteiger partial charge in [0.25, 0.3) is 11.7 Å². The van der Waals surface area contributed by atoms with Crippen molar-refractivity contribution in [2.24, 2.45) is 0 Å². The van der Waals surface area contributed by atoms with E-state index in [0.717, 1.165) is 43.4 Å². The number of likely N-dealkylation sites (tertiary alicyclic amines) is 1. The van der Waals surface area contributed by atoms with E-state index in [0.29, 0.717) is 18.7 Å². The van der Waals surface area contributed by atoms with Gasteiger partial charge in [-0.2, -0.15) is 0 Å². The number of Topliss-reactive ketones (excluding diaryl/α,β-unsaturated/α-hetero) is 1. The fourth-order valence-corrected chi connectivity index (χ4v) is 4.73. The smallest absolute Gasteiger partial charge is 0.295 e. The number of nitrogens with zero attached hydrogens (tertiary/aromatic N) is 1. The summed E-state index contributed by atoms with van der Waals surface area (Å²) in [5, 5.41) is 11.3. The molecule has 1 heterocycles. The zero-order chi connectivity index (χ0) is 22.7. The average Bonchev–Trinajstić information content (AvgIpc) is 3.07. The Labute approximate surface area is 189 Å². The molecule has 1 N–H and O–H groups in total. The zero-order valence-corrected chi connectivity index (χ0v) is 18.9. The van der Waals surface area contributed by atoms with Crippen LogP contribution in [0.1, 0.15) is 67.8 Å². The van der Waals surface area contributed by atoms with Crippen molar-refractivity contribution < 1.29 is 19.4 Å². The number of aliphatic hydroxyl groups is 1. The van der Waals surface area contributed by atoms with Crippen LogP contribution >= 0.6 is 0 Å². The summed E-state index contributed by atoms with van der Waals surface area (Å²) in [6, 6.07) is 12.7. The van der Waals surface area contributed by atoms with Crippen LogP contribution in [0.15, 0.2) is 48.0 Å². The Morgan fingerprint density at radius 1 is 1.03 bits per heavy atom. The minimum absolute atomic E-state index is 0.0883. The van der Waals surface area contributed by atoms with Gasteiger partial charge in [-0.3, -0.25) is 9.59 Å². The largest absolute Gasteiger partial charge is 0.507 e. The highest BCUT2D eigenvalue weighted by atomic mass is 16.5. The summed E-state index contributed by atoms with van der Waals surface area (Å²) >= 11 is 0. The van der Waals surface area contributed by atoms with E-state index in [2.05, 4.69) is 6.92 Å². The quantitative estimate of drug-likeness (QED) is 0.371. The molecule has 2 aromatic carbocycles. The zero-order valence-electron chi connectivity index (χ0n) is 18.9. The van der Waals surface area contributed by atoms with Crippen molar-refractivity contribution in [3.8, 4) is 5.75 Å². The molecule has 1 atom stereocenters. The van der Waals surface area contributed by atoms with E-state index in [-0.39, 0.29) is 11.3 Å². The monoisotopic (exact) mass is 433 g/mol. The molecule has 2 aliphatic rings. The summed E-state index contributed by atoms with van der Waals surface area (Å²) < 4.78 is 5.55. The second-order valence-corrected chi connectivity index (χ2v) is 8.54. The van der Waals surface area contributed by atoms with Gasteiger partial charge in [-0.15, -0.1) is 0 Å². The lowest BCUT2D eigenvalue weighted by Crippen LogP contribution is -2.30. The Kier molecular flexibility index (Phi) is 6.63. The number of unbranched alkanes of at least 4 members (excludes halogenated alkanes) is 1. The minimum Gasteiger partial charge on any atom is -0.507 e. The third kappa shape index (κ3) is 4.16. The van der Waals surface area contributed by atoms with Gasteiger partial charge in [-0.25, -0.2) is 0 Å². The van der Waals surface area contributed by atoms with Crippen LogP contribution in [0.5, 0.6) is 5.75 Å². The predicted molar refractivity (Wildman–Crippen MR) is 125 cm³/mol. The van der Waals surface area contributed by atoms with Gasteiger partial charge in [0.1, 0.15) is 11.5 Å². The molecule has 2 aromatic rings. The van der Waals surface area contributed by atoms with Crippen molar-refractivity contribution in [1.29, 1.82) is 0 Å². The number of aliphatic hydroxyl groups excluding tert-OH is 1. The van der Waals surface area contributed by atoms with Crippen molar-refractivity contribution in [2.45, 2.75) is 58.4 Å². The molecule has 1 aliphatic carbocycles. The van der Waals surface area contributed by atoms with Crippen LogP contribution in [-0.2, 0) is 22.4 Å². The van der Waals surface area contributed by atoms with Crippen LogP contribution in [0.25, 0.3) is 5.76 Å². The Morgan fingerprint density at radius 2 is 1.75 bits per heavy atom. The van der Waals surface area contributed by atoms with Crippen LogP contribution in [-0.4, -0.2) is 34.8 Å². The molecule has 1 fully saturated rings. The fourth-order valence-electron chi connectivity index (χ4n) is 4.73. The predicted octanol–water partition coefficient (Wildman–Crippen LogP) is 5.19. The second kappa shape index (κ2) is 9.60. The van der Waals surface area contributed by atoms with Gasteiger partial charge < -0.3 is 14.7 Å². The topological polar surface area (TPSA) is 66.8 Å². The highest BCUT2D eigenvalue weighted by Crippen LogP contribution is 2.40. The molecule has 0 aromatic heterocycles. The first-order valence-electron chi connectivity index (χ1n) is 11.7. The van der Waals surface area contributed by atoms with Crippen molar-refractivity contribution >= 4 is 17.4 Å². The molecule has 1 amide bonds. The van der Waals surface area contributed by atoms with E-state index in [9.17, 15) is 14.7 Å². The van der Waals surface area contributed by atoms with Gasteiger partial charge in [0.15, 0.2) is 0 Å². The second-order valence-electron chi connectivity index (χ2n) is 8.54. The summed E-state index contributed by atoms with van der Waals surface area (Å²) in [6.07, 6.45) is 6.03. The molecular weight excluding hydrogens is 402 g/mol. The first kappa shape index (κ1) is 22.1. The van der Waals surface area contributed by atoms with Crippen molar-refractivity contribution in [2.75, 3.05) is 13.2 Å². The maximum absolute atomic E-state index is 13.1. The number of fused-ring (bicyclic) bond motifs is 1. The summed E-state index contributed by atoms with van der Waals surface area (Å²) in [7, 11) is 0. The first-order valence-corrected chi connectivity index (χ1v) is 11.7. The molecule has 0 bridgehead atoms. The Bertz CT molecular complexity index is 1040. The lowest BCUT2D eigenvalue weighted by atomic mass is 9.88. The van der Waals surface area contributed by atoms with Crippen LogP contribution in [0.2, 0.25) is 0 Å². The minimum atomic E-state index is -0.616. The number of ether oxygens (including phenoxy) is 1. The van der Waals surface area contributed by atoms with Gasteiger partial charge >= 0.3 is 0 Å². The Balaban J connectivity index is 1.79. The number of carbonyl (C=O) groups is 2. The van der Waals surface area contributed by atoms with Gasteiger partial charge in [0.2, 0.25) is 0 Å². The molecule has 1 saturated heterocycles. The molecule has 1 unspecified atom stereocenters. The van der Waals surface area contributed by atoms with E-state index in [4.69, 9.17) is 4.74 Å². The lowest BCUT2D eigenvalue weighted by Gasteiger charge is -2.25. The molecule has 5 heteroatoms. The number of ketones is 1. The molecular formula is C27H31NO4. The molecule has 0 saturated carbocycles. The number of hydrogen-bond donors (Lipinski definition) is 1. The highest BCUT2D eigenvalue weighted by molar-refractivity contribution is 6.46. The third-order valence-electron chi connectivity index (χ3n) is 6.42. The van der Waals surface area contributed by atoms with E-state index in [1.807, 2.05) is 49.4 Å². The molecule has 168 valence electrons. The van der Waals surface area contributed by atoms with Crippen LogP contribution in [0.4, 0.5) is 0 Å². The molecule has 4 rings (SSSR count). The normalized spacial score (nSPS) is 19.8. The maximum Gasteiger partial charge on any atom is 0.295 e. The maximum atomic E-state index is 13.1. The summed E-state index contributed by atoms with van der Waals surface area (Å²) in [4.78, 5) is 27.7. The fraction of sp³-hybridized carbons (Fsp3) is 0.407. The Hall–Kier alpha value is -3.08. The molecule has 5 nitrogen and oxygen atoms in total. The lowest BCUT2D eigenvalue weighted by molar-refractivity contribution is -0.139. The number of benzene rings is 2. The highest BCUT2D eigenvalue weighted by Gasteiger charge is 2.45. The van der Waals surface area contributed by atoms with Gasteiger partial charge in [-0.1, -0.05) is 37.6 Å². The number of rotatable bonds is 7. The van der Waals surface area contributed by atoms with Gasteiger partial charge in [0.05, 0.1) is 18.2 Å². The SMILES string of the molecule is CCCCN1C(=O)C(=O)/C(=C(\O)c2ccc3c(c2)CCCC3)C1c1ccc(OCC)cc1. The first-order chi connectivity index (χ1) is 15.5. The van der Waals surface area contributed by atoms with E-state index >= 15 is 0 Å². The number of hydrogen-bond acceptors (Lipinski definition) is 4. The average molecular weight is 434 g/mol. The number of carbonyl (C=O) groups excluding carboxylic acids is 2. The summed E-state index contributed by atoms with van der Waals surface area (Å²) in [6.45, 7) is 5.01. The van der Waals surface area contributed by atoms with Crippen molar-refractivity contribution in [3.05, 3.63) is 70.3 Å². The Morgan fingerprint density at radius 3 is 2.44 bits per heavy atom. The van der Waals surface area contributed by atoms with Crippen LogP contribution in [0.3, 0.4) is 0 Å². The third-order valence-corrected chi connectivity index (χ3v) is 6.42. The van der Waals surface area contributed by atoms with Crippen LogP contribution < -0.4 is 4.74 Å². The van der Waals surface area contributed by atoms with Crippen molar-refractivity contribution in [3.63, 3.8) is 0 Å². The molecule has 0 spiro atoms.